The zero-order chi connectivity index (χ0) is 18.0. The molecular weight excluding hydrogens is 334 g/mol. The molecule has 2 aromatic rings. The van der Waals surface area contributed by atoms with Crippen LogP contribution in [-0.4, -0.2) is 29.9 Å². The van der Waals surface area contributed by atoms with E-state index in [9.17, 15) is 10.1 Å². The van der Waals surface area contributed by atoms with Gasteiger partial charge in [0.05, 0.1) is 11.7 Å². The maximum absolute atomic E-state index is 12.8. The molecule has 3 rings (SSSR count). The molecular formula is C20H18ClN3O. The second kappa shape index (κ2) is 7.10. The summed E-state index contributed by atoms with van der Waals surface area (Å²) in [6.45, 7) is 0. The maximum atomic E-state index is 12.8. The molecule has 1 aliphatic heterocycles. The number of benzene rings is 2. The highest BCUT2D eigenvalue weighted by Crippen LogP contribution is 2.35. The molecule has 2 aromatic carbocycles. The van der Waals surface area contributed by atoms with Gasteiger partial charge in [0, 0.05) is 31.1 Å². The first-order chi connectivity index (χ1) is 12.0. The Labute approximate surface area is 152 Å². The molecule has 1 aliphatic rings. The summed E-state index contributed by atoms with van der Waals surface area (Å²) in [6, 6.07) is 19.0. The molecule has 25 heavy (non-hydrogen) atoms. The molecule has 0 saturated carbocycles. The Morgan fingerprint density at radius 1 is 1.08 bits per heavy atom. The third kappa shape index (κ3) is 3.30. The molecule has 0 aromatic heterocycles. The molecule has 0 amide bonds. The number of allylic oxidation sites excluding steroid dienone is 1. The minimum Gasteiger partial charge on any atom is -0.306 e. The third-order valence-electron chi connectivity index (χ3n) is 4.56. The molecule has 1 atom stereocenters. The smallest absolute Gasteiger partial charge is 0.177 e. The van der Waals surface area contributed by atoms with Crippen LogP contribution in [0.3, 0.4) is 0 Å². The van der Waals surface area contributed by atoms with Crippen molar-refractivity contribution in [1.82, 2.24) is 10.0 Å². The van der Waals surface area contributed by atoms with Crippen molar-refractivity contribution in [1.29, 1.82) is 5.26 Å². The largest absolute Gasteiger partial charge is 0.306 e. The molecule has 4 nitrogen and oxygen atoms in total. The minimum absolute atomic E-state index is 0.155. The van der Waals surface area contributed by atoms with E-state index in [0.29, 0.717) is 10.7 Å². The van der Waals surface area contributed by atoms with Gasteiger partial charge in [0.1, 0.15) is 11.6 Å². The summed E-state index contributed by atoms with van der Waals surface area (Å²) < 4.78 is 0. The predicted molar refractivity (Wildman–Crippen MR) is 98.3 cm³/mol. The number of nitriles is 1. The number of ketones is 1. The van der Waals surface area contributed by atoms with E-state index in [0.717, 1.165) is 11.1 Å². The number of hydrogen-bond acceptors (Lipinski definition) is 4. The highest BCUT2D eigenvalue weighted by atomic mass is 35.5. The van der Waals surface area contributed by atoms with Crippen molar-refractivity contribution in [3.8, 4) is 6.07 Å². The second-order valence-electron chi connectivity index (χ2n) is 5.99. The summed E-state index contributed by atoms with van der Waals surface area (Å²) in [5, 5.41) is 14.2. The summed E-state index contributed by atoms with van der Waals surface area (Å²) in [5.41, 5.74) is 2.65. The normalized spacial score (nSPS) is 18.9. The van der Waals surface area contributed by atoms with Gasteiger partial charge in [-0.15, -0.1) is 0 Å². The summed E-state index contributed by atoms with van der Waals surface area (Å²) in [7, 11) is 3.80. The molecule has 0 aliphatic carbocycles. The van der Waals surface area contributed by atoms with E-state index < -0.39 is 0 Å². The Hall–Kier alpha value is -2.61. The molecule has 0 N–H and O–H groups in total. The van der Waals surface area contributed by atoms with E-state index in [1.165, 1.54) is 0 Å². The van der Waals surface area contributed by atoms with E-state index in [1.54, 1.807) is 0 Å². The Morgan fingerprint density at radius 2 is 1.72 bits per heavy atom. The number of rotatable bonds is 2. The lowest BCUT2D eigenvalue weighted by Gasteiger charge is -2.36. The monoisotopic (exact) mass is 351 g/mol. The van der Waals surface area contributed by atoms with Crippen LogP contribution in [0.5, 0.6) is 0 Å². The summed E-state index contributed by atoms with van der Waals surface area (Å²) in [6.07, 6.45) is 0.238. The number of halogens is 1. The first-order valence-electron chi connectivity index (χ1n) is 7.98. The standard InChI is InChI=1S/C20H18ClN3O/c1-23-18(14-8-10-16(21)11-9-14)12-19(25)17(13-22)20(24(23)2)15-6-4-3-5-7-15/h3-11,18H,12H2,1-2H3/t18-/m0/s1. The molecule has 0 spiro atoms. The summed E-state index contributed by atoms with van der Waals surface area (Å²) in [4.78, 5) is 12.8. The molecule has 0 unspecified atom stereocenters. The average Bonchev–Trinajstić information content (AvgIpc) is 2.72. The Bertz CT molecular complexity index is 853. The van der Waals surface area contributed by atoms with Gasteiger partial charge >= 0.3 is 0 Å². The third-order valence-corrected chi connectivity index (χ3v) is 4.81. The van der Waals surface area contributed by atoms with E-state index in [-0.39, 0.29) is 23.8 Å². The van der Waals surface area contributed by atoms with Crippen LogP contribution < -0.4 is 0 Å². The number of carbonyl (C=O) groups excluding carboxylic acids is 1. The fourth-order valence-electron chi connectivity index (χ4n) is 3.13. The maximum Gasteiger partial charge on any atom is 0.177 e. The average molecular weight is 352 g/mol. The number of hydrazine groups is 1. The highest BCUT2D eigenvalue weighted by Gasteiger charge is 2.33. The number of carbonyl (C=O) groups is 1. The van der Waals surface area contributed by atoms with Gasteiger partial charge < -0.3 is 5.01 Å². The van der Waals surface area contributed by atoms with Crippen LogP contribution in [0, 0.1) is 11.3 Å². The molecule has 126 valence electrons. The van der Waals surface area contributed by atoms with Crippen LogP contribution in [0.1, 0.15) is 23.6 Å². The fraction of sp³-hybridized carbons (Fsp3) is 0.200. The number of nitrogens with zero attached hydrogens (tertiary/aromatic N) is 3. The van der Waals surface area contributed by atoms with Gasteiger partial charge in [-0.25, -0.2) is 5.01 Å². The van der Waals surface area contributed by atoms with Crippen molar-refractivity contribution >= 4 is 23.1 Å². The van der Waals surface area contributed by atoms with Gasteiger partial charge in [-0.05, 0) is 17.7 Å². The van der Waals surface area contributed by atoms with Gasteiger partial charge in [0.15, 0.2) is 5.78 Å². The Morgan fingerprint density at radius 3 is 2.32 bits per heavy atom. The van der Waals surface area contributed by atoms with E-state index in [4.69, 9.17) is 11.6 Å². The Kier molecular flexibility index (Phi) is 4.89. The van der Waals surface area contributed by atoms with Gasteiger partial charge in [-0.3, -0.25) is 4.79 Å². The van der Waals surface area contributed by atoms with E-state index in [1.807, 2.05) is 78.7 Å². The molecule has 1 heterocycles. The van der Waals surface area contributed by atoms with Gasteiger partial charge in [-0.1, -0.05) is 54.1 Å². The van der Waals surface area contributed by atoms with Crippen molar-refractivity contribution in [3.05, 3.63) is 76.3 Å². The van der Waals surface area contributed by atoms with Crippen molar-refractivity contribution in [2.24, 2.45) is 0 Å². The van der Waals surface area contributed by atoms with Crippen molar-refractivity contribution in [3.63, 3.8) is 0 Å². The number of hydrogen-bond donors (Lipinski definition) is 0. The Balaban J connectivity index is 2.08. The lowest BCUT2D eigenvalue weighted by molar-refractivity contribution is -0.116. The van der Waals surface area contributed by atoms with Crippen molar-refractivity contribution in [2.75, 3.05) is 14.1 Å². The van der Waals surface area contributed by atoms with Crippen LogP contribution in [-0.2, 0) is 4.79 Å². The topological polar surface area (TPSA) is 47.3 Å². The van der Waals surface area contributed by atoms with Gasteiger partial charge in [0.2, 0.25) is 0 Å². The van der Waals surface area contributed by atoms with Crippen LogP contribution in [0.4, 0.5) is 0 Å². The van der Waals surface area contributed by atoms with Crippen LogP contribution >= 0.6 is 11.6 Å². The fourth-order valence-corrected chi connectivity index (χ4v) is 3.26. The predicted octanol–water partition coefficient (Wildman–Crippen LogP) is 4.07. The van der Waals surface area contributed by atoms with E-state index in [2.05, 4.69) is 6.07 Å². The molecule has 0 radical (unpaired) electrons. The zero-order valence-electron chi connectivity index (χ0n) is 14.1. The SMILES string of the molecule is CN1C(c2ccccc2)=C(C#N)C(=O)C[C@@H](c2ccc(Cl)cc2)N1C. The second-order valence-corrected chi connectivity index (χ2v) is 6.43. The number of Topliss-reactive ketones (excluding diaryl/α,β-unsaturated/α-hetero) is 1. The molecule has 5 heteroatoms. The minimum atomic E-state index is -0.167. The van der Waals surface area contributed by atoms with E-state index >= 15 is 0 Å². The molecule has 0 saturated heterocycles. The van der Waals surface area contributed by atoms with Crippen molar-refractivity contribution < 1.29 is 4.79 Å². The van der Waals surface area contributed by atoms with Gasteiger partial charge in [-0.2, -0.15) is 5.26 Å². The van der Waals surface area contributed by atoms with Crippen molar-refractivity contribution in [2.45, 2.75) is 12.5 Å². The van der Waals surface area contributed by atoms with Crippen LogP contribution in [0.25, 0.3) is 5.70 Å². The zero-order valence-corrected chi connectivity index (χ0v) is 14.9. The molecule has 0 bridgehead atoms. The lowest BCUT2D eigenvalue weighted by Crippen LogP contribution is -2.37. The van der Waals surface area contributed by atoms with Gasteiger partial charge in [0.25, 0.3) is 0 Å². The van der Waals surface area contributed by atoms with Crippen LogP contribution in [0.2, 0.25) is 5.02 Å². The molecule has 0 fully saturated rings. The first kappa shape index (κ1) is 17.2. The summed E-state index contributed by atoms with van der Waals surface area (Å²) in [5.74, 6) is -0.155. The highest BCUT2D eigenvalue weighted by molar-refractivity contribution is 6.30. The first-order valence-corrected chi connectivity index (χ1v) is 8.35. The summed E-state index contributed by atoms with van der Waals surface area (Å²) >= 11 is 5.98. The lowest BCUT2D eigenvalue weighted by atomic mass is 9.97. The van der Waals surface area contributed by atoms with Crippen LogP contribution in [0.15, 0.2) is 60.2 Å². The quantitative estimate of drug-likeness (QED) is 0.818.